The van der Waals surface area contributed by atoms with Gasteiger partial charge >= 0.3 is 0 Å². The Labute approximate surface area is 97.3 Å². The fourth-order valence-electron chi connectivity index (χ4n) is 2.20. The maximum absolute atomic E-state index is 11.0. The van der Waals surface area contributed by atoms with Gasteiger partial charge in [0.15, 0.2) is 0 Å². The predicted molar refractivity (Wildman–Crippen MR) is 62.7 cm³/mol. The van der Waals surface area contributed by atoms with Gasteiger partial charge in [-0.05, 0) is 39.3 Å². The number of carbonyl (C=O) groups is 1. The van der Waals surface area contributed by atoms with Crippen molar-refractivity contribution in [2.45, 2.75) is 38.2 Å². The van der Waals surface area contributed by atoms with Crippen molar-refractivity contribution in [2.24, 2.45) is 5.84 Å². The van der Waals surface area contributed by atoms with Crippen LogP contribution in [0.2, 0.25) is 0 Å². The molecular weight excluding hydrogens is 206 g/mol. The van der Waals surface area contributed by atoms with E-state index in [0.717, 1.165) is 38.9 Å². The van der Waals surface area contributed by atoms with E-state index in [-0.39, 0.29) is 11.5 Å². The molecule has 16 heavy (non-hydrogen) atoms. The second kappa shape index (κ2) is 6.18. The van der Waals surface area contributed by atoms with Crippen LogP contribution in [0.5, 0.6) is 0 Å². The molecule has 1 aliphatic heterocycles. The van der Waals surface area contributed by atoms with E-state index in [1.807, 2.05) is 0 Å². The van der Waals surface area contributed by atoms with E-state index >= 15 is 0 Å². The fraction of sp³-hybridized carbons (Fsp3) is 0.909. The summed E-state index contributed by atoms with van der Waals surface area (Å²) in [5.74, 6) is 4.93. The Morgan fingerprint density at radius 3 is 3.00 bits per heavy atom. The normalized spacial score (nSPS) is 26.7. The zero-order chi connectivity index (χ0) is 12.0. The minimum atomic E-state index is -0.0912. The molecule has 1 amide bonds. The second-order valence-electron chi connectivity index (χ2n) is 4.70. The molecule has 0 aromatic rings. The van der Waals surface area contributed by atoms with Crippen LogP contribution in [0.3, 0.4) is 0 Å². The summed E-state index contributed by atoms with van der Waals surface area (Å²) in [6.45, 7) is 5.13. The van der Waals surface area contributed by atoms with Crippen LogP contribution in [0.1, 0.15) is 32.6 Å². The lowest BCUT2D eigenvalue weighted by atomic mass is 9.94. The summed E-state index contributed by atoms with van der Waals surface area (Å²) in [7, 11) is 1.77. The molecule has 1 aliphatic rings. The van der Waals surface area contributed by atoms with Crippen molar-refractivity contribution in [3.8, 4) is 0 Å². The highest BCUT2D eigenvalue weighted by Crippen LogP contribution is 2.23. The van der Waals surface area contributed by atoms with E-state index in [4.69, 9.17) is 10.6 Å². The van der Waals surface area contributed by atoms with E-state index in [9.17, 15) is 4.79 Å². The molecule has 0 bridgehead atoms. The van der Waals surface area contributed by atoms with Crippen LogP contribution in [-0.2, 0) is 9.53 Å². The molecule has 0 aromatic heterocycles. The third-order valence-electron chi connectivity index (χ3n) is 3.27. The number of carbonyl (C=O) groups excluding carboxylic acids is 1. The summed E-state index contributed by atoms with van der Waals surface area (Å²) in [6, 6.07) is 0. The highest BCUT2D eigenvalue weighted by molar-refractivity contribution is 5.75. The van der Waals surface area contributed by atoms with Crippen molar-refractivity contribution in [1.29, 1.82) is 0 Å². The van der Waals surface area contributed by atoms with Gasteiger partial charge in [0.1, 0.15) is 0 Å². The SMILES string of the molecule is COC1(C)CCCN(CCCC(=O)NN)C1. The van der Waals surface area contributed by atoms with Crippen LogP contribution in [0, 0.1) is 0 Å². The quantitative estimate of drug-likeness (QED) is 0.403. The molecule has 1 saturated heterocycles. The Morgan fingerprint density at radius 1 is 1.62 bits per heavy atom. The van der Waals surface area contributed by atoms with E-state index < -0.39 is 0 Å². The van der Waals surface area contributed by atoms with Gasteiger partial charge in [-0.2, -0.15) is 0 Å². The van der Waals surface area contributed by atoms with Crippen LogP contribution in [-0.4, -0.2) is 43.2 Å². The van der Waals surface area contributed by atoms with Gasteiger partial charge in [-0.15, -0.1) is 0 Å². The summed E-state index contributed by atoms with van der Waals surface area (Å²) < 4.78 is 5.52. The summed E-state index contributed by atoms with van der Waals surface area (Å²) in [6.07, 6.45) is 3.62. The minimum Gasteiger partial charge on any atom is -0.377 e. The average molecular weight is 229 g/mol. The van der Waals surface area contributed by atoms with E-state index in [1.54, 1.807) is 7.11 Å². The summed E-state index contributed by atoms with van der Waals surface area (Å²) >= 11 is 0. The van der Waals surface area contributed by atoms with Crippen LogP contribution >= 0.6 is 0 Å². The highest BCUT2D eigenvalue weighted by Gasteiger charge is 2.30. The topological polar surface area (TPSA) is 67.6 Å². The molecule has 3 N–H and O–H groups in total. The molecule has 5 heteroatoms. The fourth-order valence-corrected chi connectivity index (χ4v) is 2.20. The van der Waals surface area contributed by atoms with Crippen molar-refractivity contribution >= 4 is 5.91 Å². The molecule has 0 radical (unpaired) electrons. The second-order valence-corrected chi connectivity index (χ2v) is 4.70. The number of nitrogens with one attached hydrogen (secondary N) is 1. The molecule has 1 unspecified atom stereocenters. The monoisotopic (exact) mass is 229 g/mol. The van der Waals surface area contributed by atoms with Gasteiger partial charge in [0, 0.05) is 20.1 Å². The molecule has 1 atom stereocenters. The number of nitrogens with two attached hydrogens (primary N) is 1. The van der Waals surface area contributed by atoms with Crippen molar-refractivity contribution in [3.63, 3.8) is 0 Å². The molecule has 5 nitrogen and oxygen atoms in total. The van der Waals surface area contributed by atoms with Gasteiger partial charge in [-0.1, -0.05) is 0 Å². The molecule has 0 aliphatic carbocycles. The Kier molecular flexibility index (Phi) is 5.18. The van der Waals surface area contributed by atoms with Crippen molar-refractivity contribution in [1.82, 2.24) is 10.3 Å². The smallest absolute Gasteiger partial charge is 0.233 e. The lowest BCUT2D eigenvalue weighted by molar-refractivity contribution is -0.121. The van der Waals surface area contributed by atoms with Crippen LogP contribution in [0.25, 0.3) is 0 Å². The summed E-state index contributed by atoms with van der Waals surface area (Å²) in [4.78, 5) is 13.3. The maximum atomic E-state index is 11.0. The number of likely N-dealkylation sites (tertiary alicyclic amines) is 1. The van der Waals surface area contributed by atoms with Crippen molar-refractivity contribution in [2.75, 3.05) is 26.7 Å². The summed E-state index contributed by atoms with van der Waals surface area (Å²) in [5, 5.41) is 0. The number of nitrogens with zero attached hydrogens (tertiary/aromatic N) is 1. The highest BCUT2D eigenvalue weighted by atomic mass is 16.5. The molecule has 0 saturated carbocycles. The van der Waals surface area contributed by atoms with Crippen molar-refractivity contribution in [3.05, 3.63) is 0 Å². The Balaban J connectivity index is 2.24. The molecule has 94 valence electrons. The van der Waals surface area contributed by atoms with Gasteiger partial charge in [0.2, 0.25) is 5.91 Å². The number of piperidine rings is 1. The van der Waals surface area contributed by atoms with Gasteiger partial charge in [-0.25, -0.2) is 5.84 Å². The molecular formula is C11H23N3O2. The van der Waals surface area contributed by atoms with Crippen molar-refractivity contribution < 1.29 is 9.53 Å². The molecule has 0 aromatic carbocycles. The lowest BCUT2D eigenvalue weighted by Crippen LogP contribution is -2.47. The largest absolute Gasteiger partial charge is 0.377 e. The first-order valence-electron chi connectivity index (χ1n) is 5.86. The Bertz CT molecular complexity index is 235. The molecule has 0 spiro atoms. The van der Waals surface area contributed by atoms with Gasteiger partial charge in [-0.3, -0.25) is 10.2 Å². The number of amides is 1. The number of hydrogen-bond acceptors (Lipinski definition) is 4. The number of methoxy groups -OCH3 is 1. The number of ether oxygens (including phenoxy) is 1. The molecule has 1 fully saturated rings. The standard InChI is InChI=1S/C11H23N3O2/c1-11(16-2)6-4-8-14(9-11)7-3-5-10(15)13-12/h3-9,12H2,1-2H3,(H,13,15). The Morgan fingerprint density at radius 2 is 2.38 bits per heavy atom. The lowest BCUT2D eigenvalue weighted by Gasteiger charge is -2.39. The first-order chi connectivity index (χ1) is 7.59. The third kappa shape index (κ3) is 4.08. The van der Waals surface area contributed by atoms with E-state index in [1.165, 1.54) is 0 Å². The van der Waals surface area contributed by atoms with Crippen LogP contribution in [0.15, 0.2) is 0 Å². The number of rotatable bonds is 5. The summed E-state index contributed by atoms with van der Waals surface area (Å²) in [5.41, 5.74) is 2.13. The average Bonchev–Trinajstić information content (AvgIpc) is 2.29. The predicted octanol–water partition coefficient (Wildman–Crippen LogP) is 0.257. The zero-order valence-corrected chi connectivity index (χ0v) is 10.3. The van der Waals surface area contributed by atoms with Gasteiger partial charge in [0.25, 0.3) is 0 Å². The van der Waals surface area contributed by atoms with E-state index in [2.05, 4.69) is 17.2 Å². The van der Waals surface area contributed by atoms with E-state index in [0.29, 0.717) is 6.42 Å². The maximum Gasteiger partial charge on any atom is 0.233 e. The third-order valence-corrected chi connectivity index (χ3v) is 3.27. The first-order valence-corrected chi connectivity index (χ1v) is 5.86. The number of hydrazine groups is 1. The first kappa shape index (κ1) is 13.4. The Hall–Kier alpha value is -0.650. The molecule has 1 rings (SSSR count). The minimum absolute atomic E-state index is 0.0195. The van der Waals surface area contributed by atoms with Gasteiger partial charge in [0.05, 0.1) is 5.60 Å². The molecule has 1 heterocycles. The van der Waals surface area contributed by atoms with Crippen LogP contribution < -0.4 is 11.3 Å². The van der Waals surface area contributed by atoms with Gasteiger partial charge < -0.3 is 9.64 Å². The number of hydrogen-bond donors (Lipinski definition) is 2. The zero-order valence-electron chi connectivity index (χ0n) is 10.3. The van der Waals surface area contributed by atoms with Crippen LogP contribution in [0.4, 0.5) is 0 Å².